The summed E-state index contributed by atoms with van der Waals surface area (Å²) in [7, 11) is 0. The Morgan fingerprint density at radius 1 is 1.26 bits per heavy atom. The van der Waals surface area contributed by atoms with Crippen molar-refractivity contribution in [2.75, 3.05) is 13.2 Å². The van der Waals surface area contributed by atoms with E-state index in [1.807, 2.05) is 6.07 Å². The van der Waals surface area contributed by atoms with Gasteiger partial charge in [0, 0.05) is 12.4 Å². The van der Waals surface area contributed by atoms with E-state index in [4.69, 9.17) is 9.47 Å². The summed E-state index contributed by atoms with van der Waals surface area (Å²) >= 11 is 0. The van der Waals surface area contributed by atoms with Crippen LogP contribution in [0.2, 0.25) is 0 Å². The van der Waals surface area contributed by atoms with Crippen LogP contribution in [0.3, 0.4) is 0 Å². The lowest BCUT2D eigenvalue weighted by atomic mass is 9.97. The molecule has 5 heteroatoms. The van der Waals surface area contributed by atoms with Crippen LogP contribution in [0.25, 0.3) is 0 Å². The van der Waals surface area contributed by atoms with Gasteiger partial charge in [-0.05, 0) is 31.9 Å². The van der Waals surface area contributed by atoms with Crippen LogP contribution in [0.15, 0.2) is 24.5 Å². The summed E-state index contributed by atoms with van der Waals surface area (Å²) in [4.78, 5) is 27.3. The Balaban J connectivity index is 2.69. The smallest absolute Gasteiger partial charge is 0.309 e. The second kappa shape index (κ2) is 8.24. The molecule has 0 amide bonds. The second-order valence-corrected chi connectivity index (χ2v) is 4.02. The molecule has 1 aromatic rings. The maximum atomic E-state index is 11.8. The molecule has 1 heterocycles. The van der Waals surface area contributed by atoms with E-state index in [1.54, 1.807) is 32.3 Å². The van der Waals surface area contributed by atoms with Crippen molar-refractivity contribution in [1.29, 1.82) is 0 Å². The molecule has 0 aliphatic carbocycles. The molecule has 1 atom stereocenters. The van der Waals surface area contributed by atoms with Gasteiger partial charge in [0.15, 0.2) is 0 Å². The third kappa shape index (κ3) is 5.50. The predicted molar refractivity (Wildman–Crippen MR) is 69.3 cm³/mol. The summed E-state index contributed by atoms with van der Waals surface area (Å²) in [6.07, 6.45) is 3.79. The van der Waals surface area contributed by atoms with E-state index in [9.17, 15) is 9.59 Å². The zero-order valence-electron chi connectivity index (χ0n) is 11.3. The molecule has 5 nitrogen and oxygen atoms in total. The number of hydrogen-bond donors (Lipinski definition) is 0. The Labute approximate surface area is 112 Å². The van der Waals surface area contributed by atoms with Crippen molar-refractivity contribution in [3.05, 3.63) is 30.1 Å². The molecule has 0 aliphatic rings. The van der Waals surface area contributed by atoms with Gasteiger partial charge < -0.3 is 9.47 Å². The summed E-state index contributed by atoms with van der Waals surface area (Å²) in [5, 5.41) is 0. The highest BCUT2D eigenvalue weighted by Crippen LogP contribution is 2.14. The van der Waals surface area contributed by atoms with E-state index in [0.717, 1.165) is 5.56 Å². The molecule has 104 valence electrons. The van der Waals surface area contributed by atoms with Gasteiger partial charge in [-0.1, -0.05) is 6.07 Å². The van der Waals surface area contributed by atoms with E-state index < -0.39 is 5.92 Å². The molecule has 1 aromatic heterocycles. The second-order valence-electron chi connectivity index (χ2n) is 4.02. The maximum absolute atomic E-state index is 11.8. The van der Waals surface area contributed by atoms with Crippen LogP contribution in [-0.4, -0.2) is 30.1 Å². The molecule has 0 radical (unpaired) electrons. The Morgan fingerprint density at radius 3 is 2.58 bits per heavy atom. The number of pyridine rings is 1. The van der Waals surface area contributed by atoms with E-state index in [1.165, 1.54) is 0 Å². The fourth-order valence-electron chi connectivity index (χ4n) is 1.72. The van der Waals surface area contributed by atoms with Gasteiger partial charge in [-0.3, -0.25) is 14.6 Å². The van der Waals surface area contributed by atoms with Gasteiger partial charge >= 0.3 is 11.9 Å². The van der Waals surface area contributed by atoms with Crippen LogP contribution >= 0.6 is 0 Å². The Kier molecular flexibility index (Phi) is 6.57. The zero-order chi connectivity index (χ0) is 14.1. The van der Waals surface area contributed by atoms with Gasteiger partial charge in [0.25, 0.3) is 0 Å². The van der Waals surface area contributed by atoms with Crippen LogP contribution < -0.4 is 0 Å². The highest BCUT2D eigenvalue weighted by molar-refractivity contribution is 5.80. The molecular weight excluding hydrogens is 246 g/mol. The Morgan fingerprint density at radius 2 is 2.00 bits per heavy atom. The number of ether oxygens (including phenoxy) is 2. The van der Waals surface area contributed by atoms with Crippen LogP contribution in [0, 0.1) is 5.92 Å². The van der Waals surface area contributed by atoms with E-state index in [0.29, 0.717) is 19.6 Å². The number of hydrogen-bond acceptors (Lipinski definition) is 5. The van der Waals surface area contributed by atoms with Gasteiger partial charge in [0.05, 0.1) is 25.6 Å². The lowest BCUT2D eigenvalue weighted by Crippen LogP contribution is -2.24. The molecule has 1 rings (SSSR count). The zero-order valence-corrected chi connectivity index (χ0v) is 11.3. The van der Waals surface area contributed by atoms with Crippen molar-refractivity contribution < 1.29 is 19.1 Å². The third-order valence-corrected chi connectivity index (χ3v) is 2.54. The topological polar surface area (TPSA) is 65.5 Å². The average molecular weight is 265 g/mol. The van der Waals surface area contributed by atoms with Crippen LogP contribution in [-0.2, 0) is 25.5 Å². The number of nitrogens with zero attached hydrogens (tertiary/aromatic N) is 1. The van der Waals surface area contributed by atoms with Crippen LogP contribution in [0.1, 0.15) is 25.8 Å². The number of esters is 2. The van der Waals surface area contributed by atoms with Gasteiger partial charge in [0.1, 0.15) is 0 Å². The largest absolute Gasteiger partial charge is 0.466 e. The summed E-state index contributed by atoms with van der Waals surface area (Å²) in [5.41, 5.74) is 0.893. The first-order chi connectivity index (χ1) is 9.17. The quantitative estimate of drug-likeness (QED) is 0.703. The molecule has 0 N–H and O–H groups in total. The highest BCUT2D eigenvalue weighted by atomic mass is 16.5. The summed E-state index contributed by atoms with van der Waals surface area (Å²) < 4.78 is 9.86. The summed E-state index contributed by atoms with van der Waals surface area (Å²) in [6.45, 7) is 4.08. The fourth-order valence-corrected chi connectivity index (χ4v) is 1.72. The Hall–Kier alpha value is -1.91. The van der Waals surface area contributed by atoms with Gasteiger partial charge in [0.2, 0.25) is 0 Å². The van der Waals surface area contributed by atoms with Crippen LogP contribution in [0.5, 0.6) is 0 Å². The normalized spacial score (nSPS) is 11.7. The molecule has 0 aliphatic heterocycles. The minimum absolute atomic E-state index is 0.0293. The first kappa shape index (κ1) is 15.1. The first-order valence-corrected chi connectivity index (χ1v) is 6.38. The predicted octanol–water partition coefficient (Wildman–Crippen LogP) is 1.76. The van der Waals surface area contributed by atoms with Crippen molar-refractivity contribution in [1.82, 2.24) is 4.98 Å². The van der Waals surface area contributed by atoms with Gasteiger partial charge in [-0.2, -0.15) is 0 Å². The van der Waals surface area contributed by atoms with E-state index >= 15 is 0 Å². The number of rotatable bonds is 7. The first-order valence-electron chi connectivity index (χ1n) is 6.38. The molecule has 0 aromatic carbocycles. The average Bonchev–Trinajstić information content (AvgIpc) is 2.40. The number of aromatic nitrogens is 1. The molecule has 0 spiro atoms. The summed E-state index contributed by atoms with van der Waals surface area (Å²) in [6, 6.07) is 3.66. The third-order valence-electron chi connectivity index (χ3n) is 2.54. The lowest BCUT2D eigenvalue weighted by Gasteiger charge is -2.14. The van der Waals surface area contributed by atoms with Crippen LogP contribution in [0.4, 0.5) is 0 Å². The lowest BCUT2D eigenvalue weighted by molar-refractivity contribution is -0.154. The number of carbonyl (C=O) groups excluding carboxylic acids is 2. The maximum Gasteiger partial charge on any atom is 0.309 e. The van der Waals surface area contributed by atoms with Gasteiger partial charge in [-0.15, -0.1) is 0 Å². The highest BCUT2D eigenvalue weighted by Gasteiger charge is 2.24. The van der Waals surface area contributed by atoms with Crippen molar-refractivity contribution in [3.63, 3.8) is 0 Å². The molecule has 0 bridgehead atoms. The van der Waals surface area contributed by atoms with E-state index in [-0.39, 0.29) is 18.4 Å². The van der Waals surface area contributed by atoms with Gasteiger partial charge in [-0.25, -0.2) is 0 Å². The molecule has 1 unspecified atom stereocenters. The molecule has 19 heavy (non-hydrogen) atoms. The van der Waals surface area contributed by atoms with Crippen molar-refractivity contribution >= 4 is 11.9 Å². The summed E-state index contributed by atoms with van der Waals surface area (Å²) in [5.74, 6) is -1.29. The Bertz CT molecular complexity index is 405. The van der Waals surface area contributed by atoms with Crippen molar-refractivity contribution in [3.8, 4) is 0 Å². The molecule has 0 fully saturated rings. The van der Waals surface area contributed by atoms with Crippen molar-refractivity contribution in [2.45, 2.75) is 26.7 Å². The standard InChI is InChI=1S/C14H19NO4/c1-3-18-13(16)9-12(14(17)19-4-2)8-11-6-5-7-15-10-11/h5-7,10,12H,3-4,8-9H2,1-2H3. The van der Waals surface area contributed by atoms with Crippen molar-refractivity contribution in [2.24, 2.45) is 5.92 Å². The van der Waals surface area contributed by atoms with E-state index in [2.05, 4.69) is 4.98 Å². The molecular formula is C14H19NO4. The molecule has 0 saturated carbocycles. The molecule has 0 saturated heterocycles. The SMILES string of the molecule is CCOC(=O)CC(Cc1cccnc1)C(=O)OCC. The minimum atomic E-state index is -0.525. The fraction of sp³-hybridized carbons (Fsp3) is 0.500. The minimum Gasteiger partial charge on any atom is -0.466 e. The number of carbonyl (C=O) groups is 2. The monoisotopic (exact) mass is 265 g/mol.